The highest BCUT2D eigenvalue weighted by Gasteiger charge is 2.35. The molecule has 1 heterocycles. The molecule has 2 fully saturated rings. The summed E-state index contributed by atoms with van der Waals surface area (Å²) in [6.07, 6.45) is 11.2. The van der Waals surface area contributed by atoms with E-state index in [1.165, 1.54) is 58.0 Å². The molecular weight excluding hydrogens is 236 g/mol. The third-order valence-corrected chi connectivity index (χ3v) is 5.76. The van der Waals surface area contributed by atoms with Crippen LogP contribution in [-0.2, 0) is 0 Å². The third kappa shape index (κ3) is 3.93. The highest BCUT2D eigenvalue weighted by Crippen LogP contribution is 2.44. The smallest absolute Gasteiger partial charge is 0.0610 e. The number of likely N-dealkylation sites (N-methyl/N-ethyl adjacent to an activating group) is 1. The largest absolute Gasteiger partial charge is 0.394 e. The maximum atomic E-state index is 9.43. The van der Waals surface area contributed by atoms with Crippen LogP contribution in [0.3, 0.4) is 0 Å². The number of hydrogen-bond donors (Lipinski definition) is 2. The number of aliphatic hydroxyl groups is 1. The zero-order chi connectivity index (χ0) is 13.8. The summed E-state index contributed by atoms with van der Waals surface area (Å²) in [6.45, 7) is 5.99. The average molecular weight is 268 g/mol. The van der Waals surface area contributed by atoms with Crippen LogP contribution in [0.2, 0.25) is 0 Å². The molecule has 1 aliphatic heterocycles. The maximum Gasteiger partial charge on any atom is 0.0610 e. The van der Waals surface area contributed by atoms with E-state index in [0.717, 1.165) is 13.0 Å². The van der Waals surface area contributed by atoms with Crippen LogP contribution in [0.1, 0.15) is 58.3 Å². The minimum Gasteiger partial charge on any atom is -0.394 e. The number of hydrogen-bond acceptors (Lipinski definition) is 3. The van der Waals surface area contributed by atoms with Gasteiger partial charge in [-0.15, -0.1) is 0 Å². The Kier molecular flexibility index (Phi) is 5.27. The molecule has 0 aromatic rings. The lowest BCUT2D eigenvalue weighted by Crippen LogP contribution is -2.48. The van der Waals surface area contributed by atoms with Crippen molar-refractivity contribution in [2.24, 2.45) is 5.41 Å². The van der Waals surface area contributed by atoms with Crippen molar-refractivity contribution in [3.05, 3.63) is 0 Å². The summed E-state index contributed by atoms with van der Waals surface area (Å²) in [5, 5.41) is 12.7. The quantitative estimate of drug-likeness (QED) is 0.804. The second kappa shape index (κ2) is 6.55. The normalized spacial score (nSPS) is 27.3. The van der Waals surface area contributed by atoms with Gasteiger partial charge in [-0.05, 0) is 71.1 Å². The van der Waals surface area contributed by atoms with Gasteiger partial charge in [0, 0.05) is 5.54 Å². The second-order valence-corrected chi connectivity index (χ2v) is 7.12. The summed E-state index contributed by atoms with van der Waals surface area (Å²) >= 11 is 0. The molecule has 0 aromatic heterocycles. The molecule has 0 bridgehead atoms. The Morgan fingerprint density at radius 2 is 1.74 bits per heavy atom. The number of nitrogens with zero attached hydrogens (tertiary/aromatic N) is 1. The molecule has 3 heteroatoms. The molecule has 1 saturated carbocycles. The minimum absolute atomic E-state index is 0.111. The van der Waals surface area contributed by atoms with Crippen molar-refractivity contribution >= 4 is 0 Å². The SMILES string of the molecule is CNC(C)(CO)CCN1CCC2(CCCCC2)CC1. The van der Waals surface area contributed by atoms with Crippen molar-refractivity contribution < 1.29 is 5.11 Å². The van der Waals surface area contributed by atoms with Crippen LogP contribution >= 0.6 is 0 Å². The molecule has 1 saturated heterocycles. The first-order valence-corrected chi connectivity index (χ1v) is 8.14. The van der Waals surface area contributed by atoms with Gasteiger partial charge in [0.05, 0.1) is 6.61 Å². The number of rotatable bonds is 5. The molecule has 1 atom stereocenters. The number of aliphatic hydroxyl groups excluding tert-OH is 1. The summed E-state index contributed by atoms with van der Waals surface area (Å²) in [5.41, 5.74) is 0.595. The molecule has 19 heavy (non-hydrogen) atoms. The third-order valence-electron chi connectivity index (χ3n) is 5.76. The Morgan fingerprint density at radius 3 is 2.26 bits per heavy atom. The summed E-state index contributed by atoms with van der Waals surface area (Å²) in [5.74, 6) is 0. The first-order valence-electron chi connectivity index (χ1n) is 8.14. The Balaban J connectivity index is 1.74. The molecule has 1 spiro atoms. The molecule has 2 aliphatic rings. The van der Waals surface area contributed by atoms with E-state index < -0.39 is 0 Å². The summed E-state index contributed by atoms with van der Waals surface area (Å²) in [7, 11) is 1.95. The van der Waals surface area contributed by atoms with Gasteiger partial charge in [0.1, 0.15) is 0 Å². The summed E-state index contributed by atoms with van der Waals surface area (Å²) in [4.78, 5) is 2.60. The van der Waals surface area contributed by atoms with Crippen molar-refractivity contribution in [2.45, 2.75) is 63.8 Å². The average Bonchev–Trinajstić information content (AvgIpc) is 2.47. The number of piperidine rings is 1. The number of nitrogens with one attached hydrogen (secondary N) is 1. The van der Waals surface area contributed by atoms with Gasteiger partial charge in [0.25, 0.3) is 0 Å². The van der Waals surface area contributed by atoms with E-state index in [-0.39, 0.29) is 12.1 Å². The molecule has 0 amide bonds. The van der Waals surface area contributed by atoms with Gasteiger partial charge in [0.2, 0.25) is 0 Å². The highest BCUT2D eigenvalue weighted by molar-refractivity contribution is 4.89. The van der Waals surface area contributed by atoms with Crippen LogP contribution in [0.5, 0.6) is 0 Å². The van der Waals surface area contributed by atoms with Crippen LogP contribution in [0, 0.1) is 5.41 Å². The fourth-order valence-corrected chi connectivity index (χ4v) is 3.74. The lowest BCUT2D eigenvalue weighted by molar-refractivity contribution is 0.0595. The topological polar surface area (TPSA) is 35.5 Å². The van der Waals surface area contributed by atoms with Crippen LogP contribution in [0.15, 0.2) is 0 Å². The molecule has 3 nitrogen and oxygen atoms in total. The van der Waals surface area contributed by atoms with Crippen molar-refractivity contribution in [3.8, 4) is 0 Å². The molecule has 2 rings (SSSR count). The monoisotopic (exact) mass is 268 g/mol. The van der Waals surface area contributed by atoms with Gasteiger partial charge < -0.3 is 15.3 Å². The maximum absolute atomic E-state index is 9.43. The first kappa shape index (κ1) is 15.3. The molecule has 112 valence electrons. The van der Waals surface area contributed by atoms with Gasteiger partial charge in [-0.2, -0.15) is 0 Å². The van der Waals surface area contributed by atoms with Crippen LogP contribution in [0.25, 0.3) is 0 Å². The van der Waals surface area contributed by atoms with E-state index in [1.807, 2.05) is 7.05 Å². The van der Waals surface area contributed by atoms with E-state index in [2.05, 4.69) is 17.1 Å². The molecular formula is C16H32N2O. The van der Waals surface area contributed by atoms with Gasteiger partial charge in [-0.1, -0.05) is 19.3 Å². The Labute approximate surface area is 118 Å². The highest BCUT2D eigenvalue weighted by atomic mass is 16.3. The van der Waals surface area contributed by atoms with E-state index in [4.69, 9.17) is 0 Å². The van der Waals surface area contributed by atoms with Crippen molar-refractivity contribution in [1.29, 1.82) is 0 Å². The predicted octanol–water partition coefficient (Wildman–Crippen LogP) is 2.39. The van der Waals surface area contributed by atoms with Gasteiger partial charge >= 0.3 is 0 Å². The van der Waals surface area contributed by atoms with Gasteiger partial charge in [0.15, 0.2) is 0 Å². The predicted molar refractivity (Wildman–Crippen MR) is 80.4 cm³/mol. The molecule has 1 unspecified atom stereocenters. The molecule has 0 radical (unpaired) electrons. The van der Waals surface area contributed by atoms with Crippen molar-refractivity contribution in [2.75, 3.05) is 33.3 Å². The standard InChI is InChI=1S/C16H32N2O/c1-15(14-19,17-2)8-11-18-12-9-16(10-13-18)6-4-3-5-7-16/h17,19H,3-14H2,1-2H3. The lowest BCUT2D eigenvalue weighted by Gasteiger charge is -2.45. The first-order chi connectivity index (χ1) is 9.11. The van der Waals surface area contributed by atoms with Crippen molar-refractivity contribution in [3.63, 3.8) is 0 Å². The zero-order valence-corrected chi connectivity index (χ0v) is 12.9. The minimum atomic E-state index is -0.111. The van der Waals surface area contributed by atoms with Crippen LogP contribution in [-0.4, -0.2) is 48.8 Å². The van der Waals surface area contributed by atoms with Crippen LogP contribution in [0.4, 0.5) is 0 Å². The molecule has 1 aliphatic carbocycles. The fourth-order valence-electron chi connectivity index (χ4n) is 3.74. The second-order valence-electron chi connectivity index (χ2n) is 7.12. The lowest BCUT2D eigenvalue weighted by atomic mass is 9.68. The van der Waals surface area contributed by atoms with Crippen LogP contribution < -0.4 is 5.32 Å². The van der Waals surface area contributed by atoms with Gasteiger partial charge in [-0.25, -0.2) is 0 Å². The fraction of sp³-hybridized carbons (Fsp3) is 1.00. The number of likely N-dealkylation sites (tertiary alicyclic amines) is 1. The van der Waals surface area contributed by atoms with E-state index in [0.29, 0.717) is 5.41 Å². The molecule has 2 N–H and O–H groups in total. The van der Waals surface area contributed by atoms with Gasteiger partial charge in [-0.3, -0.25) is 0 Å². The van der Waals surface area contributed by atoms with E-state index in [1.54, 1.807) is 0 Å². The van der Waals surface area contributed by atoms with E-state index >= 15 is 0 Å². The summed E-state index contributed by atoms with van der Waals surface area (Å²) < 4.78 is 0. The summed E-state index contributed by atoms with van der Waals surface area (Å²) in [6, 6.07) is 0. The van der Waals surface area contributed by atoms with Crippen molar-refractivity contribution in [1.82, 2.24) is 10.2 Å². The van der Waals surface area contributed by atoms with E-state index in [9.17, 15) is 5.11 Å². The zero-order valence-electron chi connectivity index (χ0n) is 12.9. The Hall–Kier alpha value is -0.120. The Morgan fingerprint density at radius 1 is 1.11 bits per heavy atom. The molecule has 0 aromatic carbocycles. The Bertz CT molecular complexity index is 260.